The van der Waals surface area contributed by atoms with Gasteiger partial charge < -0.3 is 9.39 Å². The van der Waals surface area contributed by atoms with E-state index in [1.54, 1.807) is 25.1 Å². The third-order valence-corrected chi connectivity index (χ3v) is 8.46. The maximum Gasteiger partial charge on any atom is 0.339 e. The van der Waals surface area contributed by atoms with Gasteiger partial charge in [0.2, 0.25) is 0 Å². The SMILES string of the molecule is CC=NO.Cc1ccc(S(=O)(=O)Oc2ccc3cc(S(=O)(=O)OOS(=O)(=O)c4ccccc4)ccc3c2)cc1. The molecule has 0 heterocycles. The van der Waals surface area contributed by atoms with E-state index in [9.17, 15) is 25.3 Å². The first-order valence-electron chi connectivity index (χ1n) is 11.0. The van der Waals surface area contributed by atoms with Gasteiger partial charge in [-0.1, -0.05) is 56.7 Å². The fourth-order valence-corrected chi connectivity index (χ4v) is 5.69. The van der Waals surface area contributed by atoms with Gasteiger partial charge in [-0.3, -0.25) is 0 Å². The van der Waals surface area contributed by atoms with Crippen molar-refractivity contribution in [3.05, 3.63) is 96.6 Å². The lowest BCUT2D eigenvalue weighted by Crippen LogP contribution is -2.13. The number of hydrogen-bond donors (Lipinski definition) is 1. The molecule has 4 aromatic rings. The summed E-state index contributed by atoms with van der Waals surface area (Å²) >= 11 is 0. The Kier molecular flexibility index (Phi) is 9.42. The molecule has 11 nitrogen and oxygen atoms in total. The van der Waals surface area contributed by atoms with Gasteiger partial charge in [-0.2, -0.15) is 25.3 Å². The van der Waals surface area contributed by atoms with Crippen LogP contribution in [0.1, 0.15) is 12.5 Å². The van der Waals surface area contributed by atoms with Crippen LogP contribution in [0.4, 0.5) is 0 Å². The number of rotatable bonds is 8. The number of benzene rings is 4. The maximum atomic E-state index is 12.5. The summed E-state index contributed by atoms with van der Waals surface area (Å²) in [7, 11) is -13.1. The van der Waals surface area contributed by atoms with Crippen LogP contribution in [-0.4, -0.2) is 36.7 Å². The van der Waals surface area contributed by atoms with Gasteiger partial charge in [0.1, 0.15) is 10.6 Å². The first-order valence-corrected chi connectivity index (χ1v) is 15.2. The van der Waals surface area contributed by atoms with Gasteiger partial charge in [0.25, 0.3) is 0 Å². The van der Waals surface area contributed by atoms with Crippen molar-refractivity contribution in [1.82, 2.24) is 0 Å². The Labute approximate surface area is 226 Å². The molecule has 0 spiro atoms. The van der Waals surface area contributed by atoms with Crippen molar-refractivity contribution in [2.75, 3.05) is 0 Å². The van der Waals surface area contributed by atoms with Crippen LogP contribution in [0.25, 0.3) is 10.8 Å². The highest BCUT2D eigenvalue weighted by atomic mass is 32.2. The Balaban J connectivity index is 0.000000983. The third kappa shape index (κ3) is 7.84. The van der Waals surface area contributed by atoms with E-state index in [0.717, 1.165) is 11.6 Å². The van der Waals surface area contributed by atoms with Crippen molar-refractivity contribution in [2.24, 2.45) is 5.16 Å². The standard InChI is InChI=1S/C23H18O9S3.C2H5NO/c1-17-7-12-22(13-8-17)33(24,25)30-20-11-9-19-16-23(14-10-18(19)15-20)35(28,29)32-31-34(26,27)21-5-3-2-4-6-21;1-2-3-4/h2-16H,1H3;2,4H,1H3. The average Bonchev–Trinajstić information content (AvgIpc) is 2.92. The van der Waals surface area contributed by atoms with Gasteiger partial charge in [-0.15, -0.1) is 5.16 Å². The maximum absolute atomic E-state index is 12.5. The molecule has 0 saturated heterocycles. The molecule has 4 aromatic carbocycles. The minimum absolute atomic E-state index is 0.00718. The van der Waals surface area contributed by atoms with Gasteiger partial charge in [0.05, 0.1) is 9.79 Å². The zero-order chi connectivity index (χ0) is 28.7. The Morgan fingerprint density at radius 3 is 1.72 bits per heavy atom. The van der Waals surface area contributed by atoms with Crippen LogP contribution < -0.4 is 4.18 Å². The van der Waals surface area contributed by atoms with Gasteiger partial charge in [-0.05, 0) is 73.2 Å². The number of nitrogens with zero attached hydrogens (tertiary/aromatic N) is 1. The predicted molar refractivity (Wildman–Crippen MR) is 142 cm³/mol. The summed E-state index contributed by atoms with van der Waals surface area (Å²) in [6, 6.07) is 21.1. The molecule has 0 fully saturated rings. The van der Waals surface area contributed by atoms with E-state index < -0.39 is 30.4 Å². The summed E-state index contributed by atoms with van der Waals surface area (Å²) in [5, 5.41) is 10.9. The minimum Gasteiger partial charge on any atom is -0.411 e. The molecule has 0 aliphatic carbocycles. The molecule has 0 saturated carbocycles. The largest absolute Gasteiger partial charge is 0.411 e. The van der Waals surface area contributed by atoms with Crippen molar-refractivity contribution < 1.29 is 43.3 Å². The molecule has 0 aromatic heterocycles. The van der Waals surface area contributed by atoms with Crippen molar-refractivity contribution in [2.45, 2.75) is 28.5 Å². The molecule has 39 heavy (non-hydrogen) atoms. The number of hydrogen-bond acceptors (Lipinski definition) is 11. The van der Waals surface area contributed by atoms with Crippen LogP contribution in [0.3, 0.4) is 0 Å². The first-order chi connectivity index (χ1) is 18.4. The molecule has 1 N–H and O–H groups in total. The predicted octanol–water partition coefficient (Wildman–Crippen LogP) is 4.41. The van der Waals surface area contributed by atoms with Crippen LogP contribution in [-0.2, 0) is 39.0 Å². The molecule has 0 aliphatic rings. The van der Waals surface area contributed by atoms with Crippen molar-refractivity contribution in [3.8, 4) is 5.75 Å². The molecular formula is C25H23NO10S3. The fourth-order valence-electron chi connectivity index (χ4n) is 3.03. The molecule has 4 rings (SSSR count). The normalized spacial score (nSPS) is 12.2. The second kappa shape index (κ2) is 12.4. The van der Waals surface area contributed by atoms with Gasteiger partial charge in [0.15, 0.2) is 0 Å². The Morgan fingerprint density at radius 1 is 0.641 bits per heavy atom. The highest BCUT2D eigenvalue weighted by Crippen LogP contribution is 2.27. The quantitative estimate of drug-likeness (QED) is 0.102. The van der Waals surface area contributed by atoms with Gasteiger partial charge in [0, 0.05) is 6.21 Å². The highest BCUT2D eigenvalue weighted by Gasteiger charge is 2.24. The Bertz CT molecular complexity index is 1780. The molecule has 0 radical (unpaired) electrons. The summed E-state index contributed by atoms with van der Waals surface area (Å²) < 4.78 is 88.0. The van der Waals surface area contributed by atoms with E-state index in [4.69, 9.17) is 9.39 Å². The fraction of sp³-hybridized carbons (Fsp3) is 0.0800. The molecule has 0 bridgehead atoms. The van der Waals surface area contributed by atoms with E-state index in [0.29, 0.717) is 10.8 Å². The zero-order valence-corrected chi connectivity index (χ0v) is 23.0. The topological polar surface area (TPSA) is 163 Å². The average molecular weight is 594 g/mol. The zero-order valence-electron chi connectivity index (χ0n) is 20.5. The molecule has 0 aliphatic heterocycles. The van der Waals surface area contributed by atoms with Crippen molar-refractivity contribution in [3.63, 3.8) is 0 Å². The summed E-state index contributed by atoms with van der Waals surface area (Å²) in [4.78, 5) is -0.650. The third-order valence-electron chi connectivity index (χ3n) is 4.94. The Hall–Kier alpha value is -3.82. The van der Waals surface area contributed by atoms with E-state index in [-0.39, 0.29) is 20.4 Å². The summed E-state index contributed by atoms with van der Waals surface area (Å²) in [6.07, 6.45) is 1.31. The van der Waals surface area contributed by atoms with Crippen LogP contribution >= 0.6 is 0 Å². The monoisotopic (exact) mass is 593 g/mol. The molecule has 0 atom stereocenters. The van der Waals surface area contributed by atoms with E-state index in [2.05, 4.69) is 13.8 Å². The summed E-state index contributed by atoms with van der Waals surface area (Å²) in [5.74, 6) is 0.0298. The van der Waals surface area contributed by atoms with E-state index in [1.807, 2.05) is 6.92 Å². The lowest BCUT2D eigenvalue weighted by Gasteiger charge is -2.09. The van der Waals surface area contributed by atoms with Crippen LogP contribution in [0.15, 0.2) is 111 Å². The van der Waals surface area contributed by atoms with Crippen LogP contribution in [0.5, 0.6) is 5.75 Å². The highest BCUT2D eigenvalue weighted by molar-refractivity contribution is 7.89. The van der Waals surface area contributed by atoms with Gasteiger partial charge >= 0.3 is 30.4 Å². The smallest absolute Gasteiger partial charge is 0.339 e. The van der Waals surface area contributed by atoms with Crippen molar-refractivity contribution in [1.29, 1.82) is 0 Å². The lowest BCUT2D eigenvalue weighted by molar-refractivity contribution is -0.0851. The Morgan fingerprint density at radius 2 is 1.13 bits per heavy atom. The first kappa shape index (κ1) is 29.7. The van der Waals surface area contributed by atoms with E-state index >= 15 is 0 Å². The van der Waals surface area contributed by atoms with Crippen LogP contribution in [0.2, 0.25) is 0 Å². The van der Waals surface area contributed by atoms with Crippen molar-refractivity contribution >= 4 is 47.3 Å². The molecular weight excluding hydrogens is 570 g/mol. The second-order valence-corrected chi connectivity index (χ2v) is 12.3. The minimum atomic E-state index is -4.60. The second-order valence-electron chi connectivity index (χ2n) is 7.75. The summed E-state index contributed by atoms with van der Waals surface area (Å²) in [5.41, 5.74) is 0.896. The number of fused-ring (bicyclic) bond motifs is 1. The lowest BCUT2D eigenvalue weighted by atomic mass is 10.1. The number of aryl methyl sites for hydroxylation is 1. The van der Waals surface area contributed by atoms with Gasteiger partial charge in [-0.25, -0.2) is 0 Å². The molecule has 0 unspecified atom stereocenters. The molecule has 0 amide bonds. The number of oxime groups is 1. The molecule has 14 heteroatoms. The van der Waals surface area contributed by atoms with E-state index in [1.165, 1.54) is 72.9 Å². The van der Waals surface area contributed by atoms with Crippen LogP contribution in [0, 0.1) is 6.92 Å². The molecule has 206 valence electrons. The summed E-state index contributed by atoms with van der Waals surface area (Å²) in [6.45, 7) is 3.47.